The van der Waals surface area contributed by atoms with E-state index < -0.39 is 0 Å². The Morgan fingerprint density at radius 3 is 2.93 bits per heavy atom. The summed E-state index contributed by atoms with van der Waals surface area (Å²) in [6, 6.07) is 7.59. The topological polar surface area (TPSA) is 44.0 Å². The summed E-state index contributed by atoms with van der Waals surface area (Å²) in [6.45, 7) is 0.00909. The molecule has 0 aliphatic rings. The lowest BCUT2D eigenvalue weighted by Gasteiger charge is -1.98. The summed E-state index contributed by atoms with van der Waals surface area (Å²) in [5.74, 6) is 0. The van der Waals surface area contributed by atoms with Crippen molar-refractivity contribution in [2.45, 2.75) is 6.61 Å². The summed E-state index contributed by atoms with van der Waals surface area (Å²) in [4.78, 5) is 0. The first kappa shape index (κ1) is 9.66. The lowest BCUT2D eigenvalue weighted by Crippen LogP contribution is -1.84. The van der Waals surface area contributed by atoms with Crippen molar-refractivity contribution in [3.63, 3.8) is 0 Å². The van der Waals surface area contributed by atoms with Crippen LogP contribution in [0.5, 0.6) is 0 Å². The van der Waals surface area contributed by atoms with E-state index in [9.17, 15) is 0 Å². The molecule has 0 atom stereocenters. The summed E-state index contributed by atoms with van der Waals surface area (Å²) in [7, 11) is 0. The fourth-order valence-corrected chi connectivity index (χ4v) is 3.00. The van der Waals surface area contributed by atoms with Crippen molar-refractivity contribution >= 4 is 37.4 Å². The van der Waals surface area contributed by atoms with Crippen molar-refractivity contribution in [3.8, 4) is 6.07 Å². The van der Waals surface area contributed by atoms with Gasteiger partial charge in [0.05, 0.1) is 22.0 Å². The molecule has 0 aliphatic carbocycles. The summed E-state index contributed by atoms with van der Waals surface area (Å²) in [5, 5.41) is 18.9. The van der Waals surface area contributed by atoms with Gasteiger partial charge in [0.2, 0.25) is 0 Å². The van der Waals surface area contributed by atoms with Gasteiger partial charge in [0.25, 0.3) is 0 Å². The second-order valence-electron chi connectivity index (χ2n) is 2.84. The Morgan fingerprint density at radius 2 is 2.29 bits per heavy atom. The smallest absolute Gasteiger partial charge is 0.0998 e. The van der Waals surface area contributed by atoms with Crippen molar-refractivity contribution in [2.24, 2.45) is 0 Å². The van der Waals surface area contributed by atoms with Gasteiger partial charge in [-0.15, -0.1) is 11.3 Å². The van der Waals surface area contributed by atoms with Gasteiger partial charge in [0.15, 0.2) is 0 Å². The maximum atomic E-state index is 9.12. The average molecular weight is 268 g/mol. The highest BCUT2D eigenvalue weighted by Crippen LogP contribution is 2.34. The van der Waals surface area contributed by atoms with Crippen LogP contribution in [0.15, 0.2) is 22.0 Å². The van der Waals surface area contributed by atoms with Gasteiger partial charge in [0.1, 0.15) is 0 Å². The third-order valence-electron chi connectivity index (χ3n) is 2.03. The second kappa shape index (κ2) is 3.70. The van der Waals surface area contributed by atoms with Crippen molar-refractivity contribution in [1.29, 1.82) is 5.26 Å². The lowest BCUT2D eigenvalue weighted by atomic mass is 10.1. The molecule has 0 aliphatic heterocycles. The van der Waals surface area contributed by atoms with E-state index in [-0.39, 0.29) is 6.61 Å². The Hall–Kier alpha value is -0.890. The Bertz CT molecular complexity index is 527. The van der Waals surface area contributed by atoms with E-state index in [0.717, 1.165) is 19.4 Å². The van der Waals surface area contributed by atoms with E-state index in [0.29, 0.717) is 5.56 Å². The van der Waals surface area contributed by atoms with E-state index in [1.165, 1.54) is 11.3 Å². The summed E-state index contributed by atoms with van der Waals surface area (Å²) < 4.78 is 1.96. The van der Waals surface area contributed by atoms with Crippen molar-refractivity contribution in [2.75, 3.05) is 0 Å². The number of fused-ring (bicyclic) bond motifs is 1. The number of aliphatic hydroxyl groups excluding tert-OH is 1. The molecule has 0 fully saturated rings. The Kier molecular flexibility index (Phi) is 2.55. The predicted octanol–water partition coefficient (Wildman–Crippen LogP) is 3.03. The van der Waals surface area contributed by atoms with E-state index in [1.54, 1.807) is 12.1 Å². The summed E-state index contributed by atoms with van der Waals surface area (Å²) in [6.07, 6.45) is 0. The van der Waals surface area contributed by atoms with Crippen LogP contribution in [0.3, 0.4) is 0 Å². The molecule has 0 bridgehead atoms. The zero-order valence-electron chi connectivity index (χ0n) is 7.12. The Labute approximate surface area is 93.5 Å². The quantitative estimate of drug-likeness (QED) is 0.863. The first-order valence-corrected chi connectivity index (χ1v) is 5.59. The normalized spacial score (nSPS) is 10.4. The minimum Gasteiger partial charge on any atom is -0.392 e. The Morgan fingerprint density at radius 1 is 1.50 bits per heavy atom. The highest BCUT2D eigenvalue weighted by atomic mass is 79.9. The number of nitriles is 1. The van der Waals surface area contributed by atoms with Gasteiger partial charge in [0, 0.05) is 10.1 Å². The molecule has 14 heavy (non-hydrogen) atoms. The van der Waals surface area contributed by atoms with Gasteiger partial charge in [-0.25, -0.2) is 0 Å². The fourth-order valence-electron chi connectivity index (χ4n) is 1.37. The molecule has 0 amide bonds. The third-order valence-corrected chi connectivity index (χ3v) is 3.74. The molecular formula is C10H6BrNOS. The molecular weight excluding hydrogens is 262 g/mol. The number of rotatable bonds is 1. The maximum absolute atomic E-state index is 9.12. The van der Waals surface area contributed by atoms with Crippen LogP contribution < -0.4 is 0 Å². The highest BCUT2D eigenvalue weighted by molar-refractivity contribution is 9.11. The van der Waals surface area contributed by atoms with E-state index in [2.05, 4.69) is 22.0 Å². The number of hydrogen-bond donors (Lipinski definition) is 1. The molecule has 1 heterocycles. The van der Waals surface area contributed by atoms with Crippen LogP contribution in [0.4, 0.5) is 0 Å². The van der Waals surface area contributed by atoms with Gasteiger partial charge in [-0.2, -0.15) is 5.26 Å². The van der Waals surface area contributed by atoms with Gasteiger partial charge in [-0.1, -0.05) is 6.07 Å². The van der Waals surface area contributed by atoms with Crippen LogP contribution in [0.1, 0.15) is 11.1 Å². The van der Waals surface area contributed by atoms with Gasteiger partial charge in [-0.3, -0.25) is 0 Å². The number of hydrogen-bond acceptors (Lipinski definition) is 3. The average Bonchev–Trinajstić information content (AvgIpc) is 2.57. The molecule has 2 nitrogen and oxygen atoms in total. The van der Waals surface area contributed by atoms with E-state index in [1.807, 2.05) is 6.07 Å². The zero-order valence-corrected chi connectivity index (χ0v) is 9.52. The van der Waals surface area contributed by atoms with Gasteiger partial charge < -0.3 is 5.11 Å². The van der Waals surface area contributed by atoms with Crippen LogP contribution in [0, 0.1) is 11.3 Å². The summed E-state index contributed by atoms with van der Waals surface area (Å²) in [5.41, 5.74) is 1.52. The molecule has 0 radical (unpaired) electrons. The first-order chi connectivity index (χ1) is 6.76. The van der Waals surface area contributed by atoms with E-state index >= 15 is 0 Å². The molecule has 4 heteroatoms. The van der Waals surface area contributed by atoms with Gasteiger partial charge >= 0.3 is 0 Å². The first-order valence-electron chi connectivity index (χ1n) is 3.98. The number of benzene rings is 1. The standard InChI is InChI=1S/C10H6BrNOS/c11-9-3-8-6(4-12)1-2-7(5-13)10(8)14-9/h1-3,13H,5H2. The maximum Gasteiger partial charge on any atom is 0.0998 e. The minimum atomic E-state index is 0.00909. The van der Waals surface area contributed by atoms with Crippen LogP contribution in [0.2, 0.25) is 0 Å². The van der Waals surface area contributed by atoms with Gasteiger partial charge in [-0.05, 0) is 33.6 Å². The molecule has 2 aromatic rings. The second-order valence-corrected chi connectivity index (χ2v) is 5.27. The Balaban J connectivity index is 2.86. The highest BCUT2D eigenvalue weighted by Gasteiger charge is 2.08. The zero-order chi connectivity index (χ0) is 10.1. The predicted molar refractivity (Wildman–Crippen MR) is 60.2 cm³/mol. The molecule has 70 valence electrons. The van der Waals surface area contributed by atoms with Crippen LogP contribution >= 0.6 is 27.3 Å². The number of aliphatic hydroxyl groups is 1. The molecule has 1 N–H and O–H groups in total. The fraction of sp³-hybridized carbons (Fsp3) is 0.100. The number of thiophene rings is 1. The largest absolute Gasteiger partial charge is 0.392 e. The molecule has 0 saturated heterocycles. The molecule has 0 unspecified atom stereocenters. The van der Waals surface area contributed by atoms with Crippen molar-refractivity contribution in [3.05, 3.63) is 33.1 Å². The van der Waals surface area contributed by atoms with Crippen LogP contribution in [0.25, 0.3) is 10.1 Å². The molecule has 1 aromatic carbocycles. The van der Waals surface area contributed by atoms with Crippen molar-refractivity contribution in [1.82, 2.24) is 0 Å². The minimum absolute atomic E-state index is 0.00909. The molecule has 1 aromatic heterocycles. The summed E-state index contributed by atoms with van der Waals surface area (Å²) >= 11 is 4.92. The SMILES string of the molecule is N#Cc1ccc(CO)c2sc(Br)cc12. The lowest BCUT2D eigenvalue weighted by molar-refractivity contribution is 0.283. The molecule has 2 rings (SSSR count). The molecule has 0 saturated carbocycles. The van der Waals surface area contributed by atoms with Crippen LogP contribution in [-0.4, -0.2) is 5.11 Å². The third kappa shape index (κ3) is 1.44. The van der Waals surface area contributed by atoms with Crippen molar-refractivity contribution < 1.29 is 5.11 Å². The number of nitrogens with zero attached hydrogens (tertiary/aromatic N) is 1. The van der Waals surface area contributed by atoms with Crippen LogP contribution in [-0.2, 0) is 6.61 Å². The van der Waals surface area contributed by atoms with E-state index in [4.69, 9.17) is 10.4 Å². The monoisotopic (exact) mass is 267 g/mol. The number of halogens is 1. The molecule has 0 spiro atoms.